The first-order valence-electron chi connectivity index (χ1n) is 9.95. The summed E-state index contributed by atoms with van der Waals surface area (Å²) in [6.07, 6.45) is 6.69. The molecule has 0 bridgehead atoms. The van der Waals surface area contributed by atoms with E-state index in [4.69, 9.17) is 0 Å². The summed E-state index contributed by atoms with van der Waals surface area (Å²) < 4.78 is 0. The monoisotopic (exact) mass is 371 g/mol. The van der Waals surface area contributed by atoms with Gasteiger partial charge in [0.05, 0.1) is 0 Å². The molecule has 2 fully saturated rings. The number of hydrogen-bond acceptors (Lipinski definition) is 3. The zero-order valence-corrected chi connectivity index (χ0v) is 16.2. The summed E-state index contributed by atoms with van der Waals surface area (Å²) in [4.78, 5) is 41.4. The summed E-state index contributed by atoms with van der Waals surface area (Å²) in [6.45, 7) is 1.78. The molecule has 6 nitrogen and oxygen atoms in total. The van der Waals surface area contributed by atoms with E-state index < -0.39 is 11.6 Å². The Labute approximate surface area is 160 Å². The molecule has 1 N–H and O–H groups in total. The fraction of sp³-hybridized carbons (Fsp3) is 0.571. The van der Waals surface area contributed by atoms with Crippen LogP contribution in [-0.4, -0.2) is 47.3 Å². The van der Waals surface area contributed by atoms with Crippen molar-refractivity contribution in [2.45, 2.75) is 63.5 Å². The van der Waals surface area contributed by atoms with Crippen LogP contribution in [0.1, 0.15) is 57.4 Å². The molecule has 1 aromatic carbocycles. The van der Waals surface area contributed by atoms with Gasteiger partial charge < -0.3 is 10.2 Å². The van der Waals surface area contributed by atoms with Gasteiger partial charge in [-0.25, -0.2) is 4.79 Å². The number of nitrogens with one attached hydrogen (secondary N) is 1. The van der Waals surface area contributed by atoms with Gasteiger partial charge in [0.25, 0.3) is 5.91 Å². The van der Waals surface area contributed by atoms with Crippen LogP contribution in [0.5, 0.6) is 0 Å². The number of amides is 4. The van der Waals surface area contributed by atoms with E-state index in [1.54, 1.807) is 11.9 Å². The normalized spacial score (nSPS) is 23.4. The van der Waals surface area contributed by atoms with Crippen molar-refractivity contribution in [2.24, 2.45) is 0 Å². The number of carbonyl (C=O) groups excluding carboxylic acids is 3. The van der Waals surface area contributed by atoms with Gasteiger partial charge in [0.2, 0.25) is 5.91 Å². The molecule has 146 valence electrons. The third kappa shape index (κ3) is 3.70. The summed E-state index contributed by atoms with van der Waals surface area (Å²) in [5, 5.41) is 2.88. The van der Waals surface area contributed by atoms with E-state index in [-0.39, 0.29) is 24.4 Å². The SMILES string of the molecule is CCCC1(c2ccccc2)NC(=O)N(CC(=O)N(C)C2CCCCC2)C1=O. The molecule has 1 saturated carbocycles. The van der Waals surface area contributed by atoms with Crippen LogP contribution >= 0.6 is 0 Å². The Bertz CT molecular complexity index is 700. The van der Waals surface area contributed by atoms with Crippen LogP contribution < -0.4 is 5.32 Å². The summed E-state index contributed by atoms with van der Waals surface area (Å²) >= 11 is 0. The summed E-state index contributed by atoms with van der Waals surface area (Å²) in [5.74, 6) is -0.503. The predicted molar refractivity (Wildman–Crippen MR) is 103 cm³/mol. The maximum Gasteiger partial charge on any atom is 0.325 e. The van der Waals surface area contributed by atoms with Gasteiger partial charge in [-0.15, -0.1) is 0 Å². The smallest absolute Gasteiger partial charge is 0.325 e. The van der Waals surface area contributed by atoms with Crippen LogP contribution in [0.3, 0.4) is 0 Å². The zero-order chi connectivity index (χ0) is 19.4. The molecule has 0 spiro atoms. The minimum Gasteiger partial charge on any atom is -0.341 e. The molecule has 2 aliphatic rings. The van der Waals surface area contributed by atoms with Crippen LogP contribution in [-0.2, 0) is 15.1 Å². The second-order valence-electron chi connectivity index (χ2n) is 7.64. The Morgan fingerprint density at radius 1 is 1.19 bits per heavy atom. The van der Waals surface area contributed by atoms with Crippen molar-refractivity contribution in [3.8, 4) is 0 Å². The van der Waals surface area contributed by atoms with Crippen LogP contribution in [0, 0.1) is 0 Å². The minimum absolute atomic E-state index is 0.175. The first-order valence-corrected chi connectivity index (χ1v) is 9.95. The molecular weight excluding hydrogens is 342 g/mol. The Hall–Kier alpha value is -2.37. The van der Waals surface area contributed by atoms with Gasteiger partial charge in [0, 0.05) is 13.1 Å². The van der Waals surface area contributed by atoms with Crippen molar-refractivity contribution in [3.63, 3.8) is 0 Å². The number of urea groups is 1. The van der Waals surface area contributed by atoms with Crippen molar-refractivity contribution in [1.82, 2.24) is 15.1 Å². The van der Waals surface area contributed by atoms with Crippen LogP contribution in [0.15, 0.2) is 30.3 Å². The molecule has 1 aromatic rings. The van der Waals surface area contributed by atoms with Gasteiger partial charge in [0.1, 0.15) is 12.1 Å². The van der Waals surface area contributed by atoms with Crippen molar-refractivity contribution in [1.29, 1.82) is 0 Å². The maximum atomic E-state index is 13.2. The van der Waals surface area contributed by atoms with Gasteiger partial charge in [-0.1, -0.05) is 62.9 Å². The second kappa shape index (κ2) is 8.11. The second-order valence-corrected chi connectivity index (χ2v) is 7.64. The summed E-state index contributed by atoms with van der Waals surface area (Å²) in [6, 6.07) is 9.03. The molecule has 1 atom stereocenters. The number of rotatable bonds is 6. The van der Waals surface area contributed by atoms with E-state index in [2.05, 4.69) is 5.32 Å². The highest BCUT2D eigenvalue weighted by Gasteiger charge is 2.52. The van der Waals surface area contributed by atoms with E-state index in [9.17, 15) is 14.4 Å². The van der Waals surface area contributed by atoms with Crippen molar-refractivity contribution in [2.75, 3.05) is 13.6 Å². The van der Waals surface area contributed by atoms with Gasteiger partial charge in [-0.3, -0.25) is 14.5 Å². The van der Waals surface area contributed by atoms with Gasteiger partial charge in [0.15, 0.2) is 0 Å². The third-order valence-corrected chi connectivity index (χ3v) is 5.88. The van der Waals surface area contributed by atoms with Crippen LogP contribution in [0.2, 0.25) is 0 Å². The topological polar surface area (TPSA) is 69.7 Å². The lowest BCUT2D eigenvalue weighted by Crippen LogP contribution is -2.47. The molecule has 1 saturated heterocycles. The highest BCUT2D eigenvalue weighted by Crippen LogP contribution is 2.33. The average Bonchev–Trinajstić information content (AvgIpc) is 2.94. The average molecular weight is 371 g/mol. The largest absolute Gasteiger partial charge is 0.341 e. The number of hydrogen-bond donors (Lipinski definition) is 1. The summed E-state index contributed by atoms with van der Waals surface area (Å²) in [7, 11) is 1.78. The van der Waals surface area contributed by atoms with E-state index in [1.165, 1.54) is 6.42 Å². The van der Waals surface area contributed by atoms with Gasteiger partial charge in [-0.2, -0.15) is 0 Å². The standard InChI is InChI=1S/C21H29N3O3/c1-3-14-21(16-10-6-4-7-11-16)19(26)24(20(27)22-21)15-18(25)23(2)17-12-8-5-9-13-17/h4,6-7,10-11,17H,3,5,8-9,12-15H2,1-2H3,(H,22,27). The van der Waals surface area contributed by atoms with Gasteiger partial charge in [-0.05, 0) is 24.8 Å². The molecular formula is C21H29N3O3. The van der Waals surface area contributed by atoms with E-state index in [0.717, 1.165) is 42.6 Å². The lowest BCUT2D eigenvalue weighted by molar-refractivity contribution is -0.140. The maximum absolute atomic E-state index is 13.2. The molecule has 0 radical (unpaired) electrons. The lowest BCUT2D eigenvalue weighted by atomic mass is 9.85. The minimum atomic E-state index is -1.07. The van der Waals surface area contributed by atoms with E-state index in [0.29, 0.717) is 6.42 Å². The van der Waals surface area contributed by atoms with Crippen molar-refractivity contribution < 1.29 is 14.4 Å². The van der Waals surface area contributed by atoms with Gasteiger partial charge >= 0.3 is 6.03 Å². The Morgan fingerprint density at radius 2 is 1.85 bits per heavy atom. The number of benzene rings is 1. The van der Waals surface area contributed by atoms with E-state index >= 15 is 0 Å². The van der Waals surface area contributed by atoms with Crippen LogP contribution in [0.25, 0.3) is 0 Å². The number of nitrogens with zero attached hydrogens (tertiary/aromatic N) is 2. The zero-order valence-electron chi connectivity index (χ0n) is 16.2. The Balaban J connectivity index is 1.77. The highest BCUT2D eigenvalue weighted by molar-refractivity contribution is 6.09. The number of imide groups is 1. The molecule has 4 amide bonds. The summed E-state index contributed by atoms with van der Waals surface area (Å²) in [5.41, 5.74) is -0.308. The highest BCUT2D eigenvalue weighted by atomic mass is 16.2. The molecule has 0 aromatic heterocycles. The Morgan fingerprint density at radius 3 is 2.48 bits per heavy atom. The van der Waals surface area contributed by atoms with Crippen LogP contribution in [0.4, 0.5) is 4.79 Å². The quantitative estimate of drug-likeness (QED) is 0.782. The molecule has 3 rings (SSSR count). The fourth-order valence-corrected chi connectivity index (χ4v) is 4.30. The first-order chi connectivity index (χ1) is 13.0. The fourth-order valence-electron chi connectivity index (χ4n) is 4.30. The van der Waals surface area contributed by atoms with Crippen molar-refractivity contribution >= 4 is 17.8 Å². The molecule has 1 aliphatic heterocycles. The number of likely N-dealkylation sites (N-methyl/N-ethyl adjacent to an activating group) is 1. The number of carbonyl (C=O) groups is 3. The van der Waals surface area contributed by atoms with E-state index in [1.807, 2.05) is 37.3 Å². The third-order valence-electron chi connectivity index (χ3n) is 5.88. The Kier molecular flexibility index (Phi) is 5.82. The predicted octanol–water partition coefficient (Wildman–Crippen LogP) is 3.02. The van der Waals surface area contributed by atoms with Crippen molar-refractivity contribution in [3.05, 3.63) is 35.9 Å². The first kappa shape index (κ1) is 19.4. The lowest BCUT2D eigenvalue weighted by Gasteiger charge is -2.32. The molecule has 6 heteroatoms. The molecule has 1 aliphatic carbocycles. The molecule has 27 heavy (non-hydrogen) atoms. The molecule has 1 heterocycles. The molecule has 1 unspecified atom stereocenters.